The van der Waals surface area contributed by atoms with Crippen molar-refractivity contribution in [1.82, 2.24) is 0 Å². The Morgan fingerprint density at radius 1 is 1.29 bits per heavy atom. The van der Waals surface area contributed by atoms with Gasteiger partial charge in [0.2, 0.25) is 0 Å². The minimum absolute atomic E-state index is 0.282. The van der Waals surface area contributed by atoms with Crippen LogP contribution in [0.3, 0.4) is 0 Å². The summed E-state index contributed by atoms with van der Waals surface area (Å²) in [7, 11) is 0. The first-order valence-electron chi connectivity index (χ1n) is 9.83. The van der Waals surface area contributed by atoms with Gasteiger partial charge in [0, 0.05) is 6.42 Å². The summed E-state index contributed by atoms with van der Waals surface area (Å²) in [6, 6.07) is 8.49. The molecular formula is C23H34F2O3. The van der Waals surface area contributed by atoms with Gasteiger partial charge in [-0.2, -0.15) is 8.78 Å². The van der Waals surface area contributed by atoms with Crippen LogP contribution < -0.4 is 4.74 Å². The van der Waals surface area contributed by atoms with E-state index in [1.54, 1.807) is 30.3 Å². The summed E-state index contributed by atoms with van der Waals surface area (Å²) >= 11 is 0. The Hall–Kier alpha value is -2.17. The Morgan fingerprint density at radius 2 is 1.89 bits per heavy atom. The van der Waals surface area contributed by atoms with Gasteiger partial charge in [0.25, 0.3) is 5.92 Å². The van der Waals surface area contributed by atoms with E-state index < -0.39 is 18.5 Å². The summed E-state index contributed by atoms with van der Waals surface area (Å²) in [5, 5.41) is 8.19. The second-order valence-corrected chi connectivity index (χ2v) is 6.81. The fourth-order valence-corrected chi connectivity index (χ4v) is 2.42. The van der Waals surface area contributed by atoms with Crippen LogP contribution in [0.25, 0.3) is 0 Å². The SMILES string of the molecule is C/C=C\CCCC(=O)O.C=CC(F)(F)COc1ccccc1.CC1CCCC1. The molecule has 0 unspecified atom stereocenters. The van der Waals surface area contributed by atoms with Crippen molar-refractivity contribution in [2.75, 3.05) is 6.61 Å². The minimum Gasteiger partial charge on any atom is -0.487 e. The number of carbonyl (C=O) groups is 1. The highest BCUT2D eigenvalue weighted by Gasteiger charge is 2.24. The zero-order valence-corrected chi connectivity index (χ0v) is 17.1. The third-order valence-electron chi connectivity index (χ3n) is 4.11. The van der Waals surface area contributed by atoms with Crippen molar-refractivity contribution in [3.63, 3.8) is 0 Å². The van der Waals surface area contributed by atoms with Crippen molar-refractivity contribution >= 4 is 5.97 Å². The second kappa shape index (κ2) is 15.8. The molecule has 1 saturated carbocycles. The highest BCUT2D eigenvalue weighted by Crippen LogP contribution is 2.23. The molecule has 0 aliphatic heterocycles. The Morgan fingerprint density at radius 3 is 2.32 bits per heavy atom. The lowest BCUT2D eigenvalue weighted by molar-refractivity contribution is -0.137. The maximum absolute atomic E-state index is 12.6. The van der Waals surface area contributed by atoms with Crippen LogP contribution in [0.4, 0.5) is 8.78 Å². The number of aliphatic carboxylic acids is 1. The molecule has 1 aliphatic carbocycles. The maximum atomic E-state index is 12.6. The Labute approximate surface area is 168 Å². The van der Waals surface area contributed by atoms with E-state index in [9.17, 15) is 13.6 Å². The van der Waals surface area contributed by atoms with E-state index >= 15 is 0 Å². The van der Waals surface area contributed by atoms with E-state index in [0.29, 0.717) is 11.8 Å². The van der Waals surface area contributed by atoms with E-state index in [1.165, 1.54) is 25.7 Å². The average molecular weight is 397 g/mol. The summed E-state index contributed by atoms with van der Waals surface area (Å²) < 4.78 is 30.0. The van der Waals surface area contributed by atoms with Crippen LogP contribution in [-0.4, -0.2) is 23.6 Å². The smallest absolute Gasteiger partial charge is 0.303 e. The summed E-state index contributed by atoms with van der Waals surface area (Å²) in [5.41, 5.74) is 0. The fourth-order valence-electron chi connectivity index (χ4n) is 2.42. The van der Waals surface area contributed by atoms with Crippen LogP contribution in [0.2, 0.25) is 0 Å². The van der Waals surface area contributed by atoms with E-state index in [1.807, 2.05) is 19.1 Å². The first kappa shape index (κ1) is 25.8. The topological polar surface area (TPSA) is 46.5 Å². The monoisotopic (exact) mass is 396 g/mol. The summed E-state index contributed by atoms with van der Waals surface area (Å²) in [6.45, 7) is 6.62. The Kier molecular flexibility index (Phi) is 14.6. The van der Waals surface area contributed by atoms with Crippen molar-refractivity contribution in [2.45, 2.75) is 64.7 Å². The largest absolute Gasteiger partial charge is 0.487 e. The number of alkyl halides is 2. The molecule has 0 heterocycles. The van der Waals surface area contributed by atoms with Crippen molar-refractivity contribution in [1.29, 1.82) is 0 Å². The van der Waals surface area contributed by atoms with E-state index in [-0.39, 0.29) is 6.42 Å². The van der Waals surface area contributed by atoms with Gasteiger partial charge >= 0.3 is 5.97 Å². The van der Waals surface area contributed by atoms with Crippen LogP contribution in [0.15, 0.2) is 55.1 Å². The molecule has 1 fully saturated rings. The third kappa shape index (κ3) is 16.0. The van der Waals surface area contributed by atoms with Crippen molar-refractivity contribution in [3.05, 3.63) is 55.1 Å². The van der Waals surface area contributed by atoms with Crippen molar-refractivity contribution in [3.8, 4) is 5.75 Å². The van der Waals surface area contributed by atoms with E-state index in [0.717, 1.165) is 18.8 Å². The Balaban J connectivity index is 0.000000421. The van der Waals surface area contributed by atoms with E-state index in [2.05, 4.69) is 13.5 Å². The lowest BCUT2D eigenvalue weighted by Gasteiger charge is -2.12. The number of para-hydroxylation sites is 1. The molecule has 1 N–H and O–H groups in total. The Bertz CT molecular complexity index is 550. The van der Waals surface area contributed by atoms with Gasteiger partial charge in [-0.15, -0.1) is 0 Å². The molecular weight excluding hydrogens is 362 g/mol. The number of rotatable bonds is 8. The molecule has 158 valence electrons. The lowest BCUT2D eigenvalue weighted by Crippen LogP contribution is -2.22. The van der Waals surface area contributed by atoms with E-state index in [4.69, 9.17) is 9.84 Å². The van der Waals surface area contributed by atoms with Gasteiger partial charge < -0.3 is 9.84 Å². The fraction of sp³-hybridized carbons (Fsp3) is 0.522. The highest BCUT2D eigenvalue weighted by molar-refractivity contribution is 5.66. The number of hydrogen-bond acceptors (Lipinski definition) is 2. The molecule has 0 spiro atoms. The van der Waals surface area contributed by atoms with Crippen molar-refractivity contribution in [2.24, 2.45) is 5.92 Å². The predicted octanol–water partition coefficient (Wildman–Crippen LogP) is 6.90. The normalized spacial score (nSPS) is 13.9. The lowest BCUT2D eigenvalue weighted by atomic mass is 10.2. The van der Waals surface area contributed by atoms with Crippen LogP contribution in [0, 0.1) is 5.92 Å². The summed E-state index contributed by atoms with van der Waals surface area (Å²) in [4.78, 5) is 9.94. The second-order valence-electron chi connectivity index (χ2n) is 6.81. The maximum Gasteiger partial charge on any atom is 0.303 e. The quantitative estimate of drug-likeness (QED) is 0.384. The molecule has 5 heteroatoms. The number of hydrogen-bond donors (Lipinski definition) is 1. The highest BCUT2D eigenvalue weighted by atomic mass is 19.3. The molecule has 0 aromatic heterocycles. The standard InChI is InChI=1S/C10H10F2O.C7H12O2.C6H12/c1-2-10(11,12)8-13-9-6-4-3-5-7-9;1-2-3-4-5-6-7(8)9;1-6-4-2-3-5-6/h2-7H,1,8H2;2-3H,4-6H2,1H3,(H,8,9);6H,2-5H2,1H3/b;3-2-;. The number of unbranched alkanes of at least 4 members (excludes halogenated alkanes) is 1. The molecule has 0 atom stereocenters. The number of allylic oxidation sites excluding steroid dienone is 2. The predicted molar refractivity (Wildman–Crippen MR) is 111 cm³/mol. The third-order valence-corrected chi connectivity index (χ3v) is 4.11. The zero-order chi connectivity index (χ0) is 21.3. The number of benzene rings is 1. The molecule has 0 radical (unpaired) electrons. The molecule has 1 aromatic rings. The zero-order valence-electron chi connectivity index (χ0n) is 17.1. The molecule has 0 bridgehead atoms. The van der Waals surface area contributed by atoms with Crippen LogP contribution >= 0.6 is 0 Å². The first-order valence-corrected chi connectivity index (χ1v) is 9.83. The minimum atomic E-state index is -2.96. The van der Waals surface area contributed by atoms with Crippen LogP contribution in [-0.2, 0) is 4.79 Å². The molecule has 28 heavy (non-hydrogen) atoms. The van der Waals surface area contributed by atoms with Gasteiger partial charge in [-0.3, -0.25) is 4.79 Å². The number of carboxylic acid groups (broad SMARTS) is 1. The molecule has 0 saturated heterocycles. The van der Waals surface area contributed by atoms with Gasteiger partial charge in [-0.1, -0.05) is 69.5 Å². The van der Waals surface area contributed by atoms with Crippen LogP contribution in [0.5, 0.6) is 5.75 Å². The first-order chi connectivity index (χ1) is 13.3. The van der Waals surface area contributed by atoms with Gasteiger partial charge in [-0.05, 0) is 43.9 Å². The van der Waals surface area contributed by atoms with Gasteiger partial charge in [-0.25, -0.2) is 0 Å². The van der Waals surface area contributed by atoms with Gasteiger partial charge in [0.15, 0.2) is 6.61 Å². The average Bonchev–Trinajstić information content (AvgIpc) is 3.16. The number of ether oxygens (including phenoxy) is 1. The molecule has 2 rings (SSSR count). The number of halogens is 2. The molecule has 1 aliphatic rings. The van der Waals surface area contributed by atoms with Crippen LogP contribution in [0.1, 0.15) is 58.8 Å². The summed E-state index contributed by atoms with van der Waals surface area (Å²) in [6.07, 6.45) is 12.3. The van der Waals surface area contributed by atoms with Crippen molar-refractivity contribution < 1.29 is 23.4 Å². The molecule has 3 nitrogen and oxygen atoms in total. The summed E-state index contributed by atoms with van der Waals surface area (Å²) in [5.74, 6) is -2.19. The molecule has 1 aromatic carbocycles. The van der Waals surface area contributed by atoms with Gasteiger partial charge in [0.05, 0.1) is 0 Å². The van der Waals surface area contributed by atoms with Gasteiger partial charge in [0.1, 0.15) is 5.75 Å². The molecule has 0 amide bonds. The number of carboxylic acids is 1.